The van der Waals surface area contributed by atoms with Crippen molar-refractivity contribution < 1.29 is 42.3 Å². The van der Waals surface area contributed by atoms with Gasteiger partial charge in [-0.3, -0.25) is 53.2 Å². The molecule has 67 heavy (non-hydrogen) atoms. The summed E-state index contributed by atoms with van der Waals surface area (Å²) in [4.78, 5) is 86.5. The Morgan fingerprint density at radius 3 is 2.52 bits per heavy atom. The second-order valence-electron chi connectivity index (χ2n) is 18.3. The quantitative estimate of drug-likeness (QED) is 0.221. The zero-order valence-electron chi connectivity index (χ0n) is 37.5. The van der Waals surface area contributed by atoms with Crippen molar-refractivity contribution in [3.8, 4) is 11.1 Å². The van der Waals surface area contributed by atoms with Crippen molar-refractivity contribution in [2.24, 2.45) is 7.05 Å². The maximum absolute atomic E-state index is 14.8. The third-order valence-corrected chi connectivity index (χ3v) is 14.1. The standard InChI is InChI=1S/C47H53F2N11O7/c1-27(61)57-16-12-37-35(25-57)44(58-13-4-5-28-19-33(29-21-51-54(2)23-29)34(43(48)49)20-39(28)58)53-60(37)30-10-14-56(15-11-30)41(63)26-55-17-18-67-31(24-55)22-50-36-7-3-6-32-42(36)47(66)59(46(32)65)38-8-9-40(62)52-45(38)64/h3,6-7,19-21,23,30-31,38,43,50H,4-5,8-18,22,24-26H2,1-2H3,(H,52,62,64). The van der Waals surface area contributed by atoms with Gasteiger partial charge in [-0.15, -0.1) is 0 Å². The number of benzene rings is 2. The lowest BCUT2D eigenvalue weighted by atomic mass is 9.92. The molecule has 3 fully saturated rings. The van der Waals surface area contributed by atoms with Crippen molar-refractivity contribution in [2.75, 3.05) is 69.2 Å². The Hall–Kier alpha value is -6.54. The number of hydrogen-bond donors (Lipinski definition) is 2. The van der Waals surface area contributed by atoms with Crippen LogP contribution in [0.5, 0.6) is 0 Å². The summed E-state index contributed by atoms with van der Waals surface area (Å²) in [6, 6.07) is 7.33. The highest BCUT2D eigenvalue weighted by Crippen LogP contribution is 2.44. The minimum atomic E-state index is -2.70. The molecule has 2 aromatic heterocycles. The van der Waals surface area contributed by atoms with E-state index in [2.05, 4.69) is 30.2 Å². The van der Waals surface area contributed by atoms with Gasteiger partial charge in [0.25, 0.3) is 18.2 Å². The number of likely N-dealkylation sites (tertiary alicyclic amines) is 1. The maximum atomic E-state index is 14.8. The molecule has 3 saturated heterocycles. The highest BCUT2D eigenvalue weighted by Gasteiger charge is 2.46. The van der Waals surface area contributed by atoms with Crippen LogP contribution in [-0.2, 0) is 50.3 Å². The molecule has 10 rings (SSSR count). The first kappa shape index (κ1) is 44.3. The van der Waals surface area contributed by atoms with Crippen LogP contribution in [0.15, 0.2) is 42.7 Å². The van der Waals surface area contributed by atoms with E-state index in [-0.39, 0.29) is 60.0 Å². The molecule has 0 aliphatic carbocycles. The van der Waals surface area contributed by atoms with Gasteiger partial charge < -0.3 is 24.8 Å². The van der Waals surface area contributed by atoms with Crippen molar-refractivity contribution >= 4 is 52.6 Å². The number of nitrogens with zero attached hydrogens (tertiary/aromatic N) is 9. The number of carbonyl (C=O) groups excluding carboxylic acids is 6. The first-order valence-electron chi connectivity index (χ1n) is 23.1. The molecule has 8 heterocycles. The van der Waals surface area contributed by atoms with Gasteiger partial charge in [-0.25, -0.2) is 8.78 Å². The van der Waals surface area contributed by atoms with Crippen molar-refractivity contribution in [3.05, 3.63) is 76.2 Å². The second-order valence-corrected chi connectivity index (χ2v) is 18.3. The molecule has 352 valence electrons. The van der Waals surface area contributed by atoms with Crippen LogP contribution in [0.2, 0.25) is 0 Å². The number of hydrogen-bond acceptors (Lipinski definition) is 12. The summed E-state index contributed by atoms with van der Waals surface area (Å²) >= 11 is 0. The van der Waals surface area contributed by atoms with E-state index >= 15 is 0 Å². The Balaban J connectivity index is 0.793. The topological polar surface area (TPSA) is 188 Å². The molecule has 2 atom stereocenters. The van der Waals surface area contributed by atoms with Crippen LogP contribution in [0.4, 0.5) is 26.0 Å². The van der Waals surface area contributed by atoms with Crippen LogP contribution in [0, 0.1) is 0 Å². The van der Waals surface area contributed by atoms with E-state index in [1.54, 1.807) is 55.3 Å². The Kier molecular flexibility index (Phi) is 11.9. The molecular weight excluding hydrogens is 869 g/mol. The lowest BCUT2D eigenvalue weighted by molar-refractivity contribution is -0.137. The van der Waals surface area contributed by atoms with E-state index in [1.807, 2.05) is 15.9 Å². The number of aryl methyl sites for hydroxylation is 2. The summed E-state index contributed by atoms with van der Waals surface area (Å²) in [5, 5.41) is 15.0. The number of piperidine rings is 2. The largest absolute Gasteiger partial charge is 0.382 e. The predicted octanol–water partition coefficient (Wildman–Crippen LogP) is 3.59. The van der Waals surface area contributed by atoms with Crippen LogP contribution in [0.1, 0.15) is 94.6 Å². The Morgan fingerprint density at radius 2 is 1.78 bits per heavy atom. The van der Waals surface area contributed by atoms with Crippen LogP contribution in [0.3, 0.4) is 0 Å². The summed E-state index contributed by atoms with van der Waals surface area (Å²) in [6.45, 7) is 6.09. The van der Waals surface area contributed by atoms with Gasteiger partial charge in [-0.2, -0.15) is 10.2 Å². The second kappa shape index (κ2) is 17.9. The summed E-state index contributed by atoms with van der Waals surface area (Å²) in [7, 11) is 1.76. The zero-order valence-corrected chi connectivity index (χ0v) is 37.5. The molecule has 4 aromatic rings. The van der Waals surface area contributed by atoms with E-state index in [1.165, 1.54) is 0 Å². The number of carbonyl (C=O) groups is 6. The summed E-state index contributed by atoms with van der Waals surface area (Å²) < 4.78 is 39.3. The molecule has 2 unspecified atom stereocenters. The molecule has 0 radical (unpaired) electrons. The predicted molar refractivity (Wildman–Crippen MR) is 239 cm³/mol. The molecule has 6 aliphatic rings. The number of morpholine rings is 1. The number of rotatable bonds is 10. The molecule has 20 heteroatoms. The number of fused-ring (bicyclic) bond motifs is 3. The van der Waals surface area contributed by atoms with E-state index in [4.69, 9.17) is 9.84 Å². The zero-order chi connectivity index (χ0) is 46.7. The van der Waals surface area contributed by atoms with Crippen LogP contribution in [-0.4, -0.2) is 146 Å². The van der Waals surface area contributed by atoms with E-state index in [0.717, 1.165) is 34.6 Å². The molecule has 2 N–H and O–H groups in total. The first-order valence-corrected chi connectivity index (χ1v) is 23.1. The van der Waals surface area contributed by atoms with Gasteiger partial charge >= 0.3 is 0 Å². The average molecular weight is 922 g/mol. The molecule has 0 saturated carbocycles. The van der Waals surface area contributed by atoms with Crippen molar-refractivity contribution in [1.29, 1.82) is 0 Å². The number of nitrogens with one attached hydrogen (secondary N) is 2. The van der Waals surface area contributed by atoms with E-state index in [9.17, 15) is 37.5 Å². The van der Waals surface area contributed by atoms with Gasteiger partial charge in [0.05, 0.1) is 49.2 Å². The van der Waals surface area contributed by atoms with Gasteiger partial charge in [0.15, 0.2) is 5.82 Å². The highest BCUT2D eigenvalue weighted by atomic mass is 19.3. The summed E-state index contributed by atoms with van der Waals surface area (Å²) in [5.74, 6) is -1.62. The number of alkyl halides is 2. The normalized spacial score (nSPS) is 21.4. The minimum absolute atomic E-state index is 0.000763. The first-order chi connectivity index (χ1) is 32.3. The molecule has 18 nitrogen and oxygen atoms in total. The summed E-state index contributed by atoms with van der Waals surface area (Å²) in [5.41, 5.74) is 5.47. The molecule has 0 bridgehead atoms. The van der Waals surface area contributed by atoms with Crippen molar-refractivity contribution in [1.82, 2.24) is 44.5 Å². The van der Waals surface area contributed by atoms with Gasteiger partial charge in [0, 0.05) is 113 Å². The maximum Gasteiger partial charge on any atom is 0.264 e. The molecule has 6 aliphatic heterocycles. The molecule has 0 spiro atoms. The van der Waals surface area contributed by atoms with Crippen molar-refractivity contribution in [2.45, 2.75) is 83.0 Å². The third kappa shape index (κ3) is 8.34. The SMILES string of the molecule is CC(=O)N1CCc2c(c(N3CCCc4cc(-c5cnn(C)c5)c(C(F)F)cc43)nn2C2CCN(C(=O)CN3CCOC(CNc4cccc5c4C(=O)N(C4CCC(=O)NC4=O)C5=O)C3)CC2)C1. The monoisotopic (exact) mass is 921 g/mol. The third-order valence-electron chi connectivity index (χ3n) is 14.1. The van der Waals surface area contributed by atoms with Crippen LogP contribution in [0.25, 0.3) is 11.1 Å². The minimum Gasteiger partial charge on any atom is -0.382 e. The van der Waals surface area contributed by atoms with Crippen LogP contribution >= 0.6 is 0 Å². The van der Waals surface area contributed by atoms with Crippen LogP contribution < -0.4 is 15.5 Å². The number of anilines is 3. The Labute approximate surface area is 385 Å². The number of imide groups is 2. The van der Waals surface area contributed by atoms with Gasteiger partial charge in [-0.1, -0.05) is 6.07 Å². The lowest BCUT2D eigenvalue weighted by Crippen LogP contribution is -2.54. The molecule has 6 amide bonds. The molecule has 2 aromatic carbocycles. The van der Waals surface area contributed by atoms with E-state index < -0.39 is 36.1 Å². The lowest BCUT2D eigenvalue weighted by Gasteiger charge is -2.37. The smallest absolute Gasteiger partial charge is 0.264 e. The molecular formula is C47H53F2N11O7. The number of ether oxygens (including phenoxy) is 1. The fourth-order valence-corrected chi connectivity index (χ4v) is 10.7. The number of aromatic nitrogens is 4. The average Bonchev–Trinajstić information content (AvgIpc) is 4.00. The van der Waals surface area contributed by atoms with E-state index in [0.29, 0.717) is 107 Å². The fraction of sp³-hybridized carbons (Fsp3) is 0.489. The Morgan fingerprint density at radius 1 is 0.955 bits per heavy atom. The highest BCUT2D eigenvalue weighted by molar-refractivity contribution is 6.25. The van der Waals surface area contributed by atoms with Gasteiger partial charge in [0.1, 0.15) is 6.04 Å². The van der Waals surface area contributed by atoms with Gasteiger partial charge in [-0.05, 0) is 67.5 Å². The Bertz CT molecular complexity index is 2680. The van der Waals surface area contributed by atoms with Gasteiger partial charge in [0.2, 0.25) is 23.6 Å². The number of halogens is 2. The number of amides is 6. The van der Waals surface area contributed by atoms with Crippen molar-refractivity contribution in [3.63, 3.8) is 0 Å². The fourth-order valence-electron chi connectivity index (χ4n) is 10.7. The summed E-state index contributed by atoms with van der Waals surface area (Å²) in [6.07, 6.45) is 3.92.